The Hall–Kier alpha value is -2.77. The van der Waals surface area contributed by atoms with Crippen LogP contribution in [0.5, 0.6) is 0 Å². The first-order chi connectivity index (χ1) is 11.8. The molecule has 0 saturated heterocycles. The number of aromatic nitrogens is 1. The SMILES string of the molecule is NC1=CC=CC(N)(c2cc(N)nc(N)c2Cl)N1Cc1cccc(F)c1. The van der Waals surface area contributed by atoms with E-state index < -0.39 is 5.66 Å². The normalized spacial score (nSPS) is 19.8. The Balaban J connectivity index is 2.09. The molecule has 0 spiro atoms. The topological polar surface area (TPSA) is 120 Å². The number of nitrogen functional groups attached to an aromatic ring is 2. The lowest BCUT2D eigenvalue weighted by Crippen LogP contribution is -2.53. The minimum absolute atomic E-state index is 0.0775. The molecule has 1 aromatic carbocycles. The second-order valence-corrected chi connectivity index (χ2v) is 6.16. The molecule has 8 heteroatoms. The predicted octanol–water partition coefficient (Wildman–Crippen LogP) is 2.02. The first-order valence-corrected chi connectivity index (χ1v) is 7.87. The van der Waals surface area contributed by atoms with Crippen molar-refractivity contribution in [3.8, 4) is 0 Å². The van der Waals surface area contributed by atoms with Gasteiger partial charge in [0.2, 0.25) is 0 Å². The molecular weight excluding hydrogens is 343 g/mol. The van der Waals surface area contributed by atoms with Gasteiger partial charge in [-0.25, -0.2) is 9.37 Å². The van der Waals surface area contributed by atoms with Crippen LogP contribution >= 0.6 is 11.6 Å². The van der Waals surface area contributed by atoms with Gasteiger partial charge in [-0.2, -0.15) is 0 Å². The summed E-state index contributed by atoms with van der Waals surface area (Å²) in [5.41, 5.74) is 24.4. The zero-order valence-electron chi connectivity index (χ0n) is 13.3. The van der Waals surface area contributed by atoms with Gasteiger partial charge in [0.25, 0.3) is 0 Å². The van der Waals surface area contributed by atoms with Crippen LogP contribution in [0.1, 0.15) is 11.1 Å². The van der Waals surface area contributed by atoms with E-state index in [0.29, 0.717) is 16.9 Å². The summed E-state index contributed by atoms with van der Waals surface area (Å²) >= 11 is 6.33. The van der Waals surface area contributed by atoms with Crippen LogP contribution in [0.4, 0.5) is 16.0 Å². The second-order valence-electron chi connectivity index (χ2n) is 5.79. The van der Waals surface area contributed by atoms with Crippen molar-refractivity contribution in [3.05, 3.63) is 76.3 Å². The number of allylic oxidation sites excluding steroid dienone is 2. The van der Waals surface area contributed by atoms with Crippen molar-refractivity contribution < 1.29 is 4.39 Å². The van der Waals surface area contributed by atoms with Gasteiger partial charge in [-0.1, -0.05) is 29.8 Å². The average Bonchev–Trinajstić information content (AvgIpc) is 2.54. The molecule has 1 atom stereocenters. The fourth-order valence-electron chi connectivity index (χ4n) is 2.82. The molecule has 8 N–H and O–H groups in total. The third kappa shape index (κ3) is 3.11. The lowest BCUT2D eigenvalue weighted by Gasteiger charge is -2.43. The number of anilines is 2. The molecular formula is C17H18ClFN6. The van der Waals surface area contributed by atoms with E-state index in [1.807, 2.05) is 0 Å². The highest BCUT2D eigenvalue weighted by atomic mass is 35.5. The van der Waals surface area contributed by atoms with Crippen LogP contribution in [0.2, 0.25) is 5.02 Å². The van der Waals surface area contributed by atoms with E-state index in [0.717, 1.165) is 0 Å². The Morgan fingerprint density at radius 1 is 1.20 bits per heavy atom. The number of hydrogen-bond acceptors (Lipinski definition) is 6. The highest BCUT2D eigenvalue weighted by Gasteiger charge is 2.37. The molecule has 25 heavy (non-hydrogen) atoms. The van der Waals surface area contributed by atoms with E-state index in [-0.39, 0.29) is 29.0 Å². The molecule has 0 amide bonds. The number of nitrogens with zero attached hydrogens (tertiary/aromatic N) is 2. The summed E-state index contributed by atoms with van der Waals surface area (Å²) < 4.78 is 13.5. The maximum absolute atomic E-state index is 13.5. The summed E-state index contributed by atoms with van der Waals surface area (Å²) in [4.78, 5) is 5.63. The van der Waals surface area contributed by atoms with Crippen LogP contribution in [-0.4, -0.2) is 9.88 Å². The Morgan fingerprint density at radius 2 is 1.96 bits per heavy atom. The second kappa shape index (κ2) is 6.27. The van der Waals surface area contributed by atoms with Crippen molar-refractivity contribution in [2.24, 2.45) is 11.5 Å². The van der Waals surface area contributed by atoms with Gasteiger partial charge < -0.3 is 27.8 Å². The number of pyridine rings is 1. The Morgan fingerprint density at radius 3 is 2.68 bits per heavy atom. The van der Waals surface area contributed by atoms with E-state index >= 15 is 0 Å². The van der Waals surface area contributed by atoms with Crippen molar-refractivity contribution in [1.82, 2.24) is 9.88 Å². The van der Waals surface area contributed by atoms with Crippen LogP contribution in [0.3, 0.4) is 0 Å². The molecule has 0 aliphatic carbocycles. The van der Waals surface area contributed by atoms with E-state index in [2.05, 4.69) is 4.98 Å². The van der Waals surface area contributed by atoms with Crippen LogP contribution in [0, 0.1) is 5.82 Å². The minimum Gasteiger partial charge on any atom is -0.385 e. The van der Waals surface area contributed by atoms with Crippen molar-refractivity contribution in [2.45, 2.75) is 12.2 Å². The van der Waals surface area contributed by atoms with Gasteiger partial charge in [0.05, 0.1) is 5.02 Å². The number of nitrogens with two attached hydrogens (primary N) is 4. The molecule has 2 heterocycles. The summed E-state index contributed by atoms with van der Waals surface area (Å²) in [5, 5.41) is 0.195. The lowest BCUT2D eigenvalue weighted by molar-refractivity contribution is 0.168. The van der Waals surface area contributed by atoms with Gasteiger partial charge in [-0.05, 0) is 35.9 Å². The van der Waals surface area contributed by atoms with Crippen LogP contribution < -0.4 is 22.9 Å². The molecule has 130 valence electrons. The van der Waals surface area contributed by atoms with E-state index in [1.165, 1.54) is 12.1 Å². The largest absolute Gasteiger partial charge is 0.385 e. The van der Waals surface area contributed by atoms with Crippen molar-refractivity contribution >= 4 is 23.2 Å². The third-order valence-electron chi connectivity index (χ3n) is 4.04. The molecule has 0 saturated carbocycles. The molecule has 6 nitrogen and oxygen atoms in total. The van der Waals surface area contributed by atoms with E-state index in [9.17, 15) is 4.39 Å². The van der Waals surface area contributed by atoms with Crippen LogP contribution in [-0.2, 0) is 12.2 Å². The number of benzene rings is 1. The Bertz CT molecular complexity index is 881. The third-order valence-corrected chi connectivity index (χ3v) is 4.44. The summed E-state index contributed by atoms with van der Waals surface area (Å²) in [6.07, 6.45) is 5.15. The standard InChI is InChI=1S/C17H18ClFN6/c18-15-12(8-13(20)24-16(15)22)17(23)6-2-5-14(21)25(17)9-10-3-1-4-11(19)7-10/h1-8H,9,21,23H2,(H4,20,22,24). The van der Waals surface area contributed by atoms with Crippen LogP contribution in [0.15, 0.2) is 54.4 Å². The predicted molar refractivity (Wildman–Crippen MR) is 97.3 cm³/mol. The first-order valence-electron chi connectivity index (χ1n) is 7.49. The van der Waals surface area contributed by atoms with Gasteiger partial charge in [0.15, 0.2) is 0 Å². The molecule has 0 fully saturated rings. The Kier molecular flexibility index (Phi) is 4.28. The summed E-state index contributed by atoms with van der Waals surface area (Å²) in [6.45, 7) is 0.263. The summed E-state index contributed by atoms with van der Waals surface area (Å²) in [7, 11) is 0. The maximum atomic E-state index is 13.5. The van der Waals surface area contributed by atoms with Gasteiger partial charge in [0, 0.05) is 12.1 Å². The minimum atomic E-state index is -1.21. The smallest absolute Gasteiger partial charge is 0.145 e. The van der Waals surface area contributed by atoms with Crippen molar-refractivity contribution in [3.63, 3.8) is 0 Å². The van der Waals surface area contributed by atoms with Crippen molar-refractivity contribution in [1.29, 1.82) is 0 Å². The van der Waals surface area contributed by atoms with Gasteiger partial charge >= 0.3 is 0 Å². The van der Waals surface area contributed by atoms with Crippen LogP contribution in [0.25, 0.3) is 0 Å². The molecule has 1 aromatic heterocycles. The molecule has 0 radical (unpaired) electrons. The van der Waals surface area contributed by atoms with E-state index in [4.69, 9.17) is 34.5 Å². The van der Waals surface area contributed by atoms with Gasteiger partial charge in [-0.3, -0.25) is 0 Å². The molecule has 2 aromatic rings. The monoisotopic (exact) mass is 360 g/mol. The fourth-order valence-corrected chi connectivity index (χ4v) is 3.07. The zero-order chi connectivity index (χ0) is 18.2. The molecule has 1 aliphatic heterocycles. The highest BCUT2D eigenvalue weighted by molar-refractivity contribution is 6.33. The maximum Gasteiger partial charge on any atom is 0.145 e. The van der Waals surface area contributed by atoms with Gasteiger partial charge in [0.1, 0.15) is 28.9 Å². The highest BCUT2D eigenvalue weighted by Crippen LogP contribution is 2.38. The van der Waals surface area contributed by atoms with E-state index in [1.54, 1.807) is 41.3 Å². The molecule has 0 bridgehead atoms. The fraction of sp³-hybridized carbons (Fsp3) is 0.118. The van der Waals surface area contributed by atoms with Crippen molar-refractivity contribution in [2.75, 3.05) is 11.5 Å². The first kappa shape index (κ1) is 17.1. The number of rotatable bonds is 3. The zero-order valence-corrected chi connectivity index (χ0v) is 14.0. The van der Waals surface area contributed by atoms with Gasteiger partial charge in [-0.15, -0.1) is 0 Å². The number of halogens is 2. The molecule has 1 unspecified atom stereocenters. The number of hydrogen-bond donors (Lipinski definition) is 4. The molecule has 1 aliphatic rings. The quantitative estimate of drug-likeness (QED) is 0.664. The summed E-state index contributed by atoms with van der Waals surface area (Å²) in [5.74, 6) is 0.326. The Labute approximate surface area is 149 Å². The summed E-state index contributed by atoms with van der Waals surface area (Å²) in [6, 6.07) is 7.75. The molecule has 3 rings (SSSR count). The lowest BCUT2D eigenvalue weighted by atomic mass is 9.95. The average molecular weight is 361 g/mol.